The molecule has 1 aromatic carbocycles. The second-order valence-corrected chi connectivity index (χ2v) is 6.40. The Hall–Kier alpha value is -2.17. The molecule has 0 aliphatic heterocycles. The Bertz CT molecular complexity index is 761. The number of aromatic carboxylic acids is 1. The number of sulfonamides is 1. The topological polar surface area (TPSA) is 164 Å². The van der Waals surface area contributed by atoms with Crippen molar-refractivity contribution in [2.75, 3.05) is 11.9 Å². The summed E-state index contributed by atoms with van der Waals surface area (Å²) in [6, 6.07) is 1.80. The standard InChI is InChI=1S/C12H13ClN2O7S/c13-8-4-9(15-5-6(16)1-2-11(17)18)7(12(19)20)3-10(8)23(14,21)22/h3-4,15H,1-2,5H2,(H,17,18)(H,19,20)(H2,14,21,22). The molecule has 0 aromatic heterocycles. The second-order valence-electron chi connectivity index (χ2n) is 4.46. The molecule has 0 saturated heterocycles. The van der Waals surface area contributed by atoms with E-state index in [-0.39, 0.29) is 30.1 Å². The summed E-state index contributed by atoms with van der Waals surface area (Å²) in [6.07, 6.45) is -0.578. The summed E-state index contributed by atoms with van der Waals surface area (Å²) in [5.74, 6) is -3.05. The highest BCUT2D eigenvalue weighted by atomic mass is 35.5. The number of aliphatic carboxylic acids is 1. The number of primary sulfonamides is 1. The molecule has 0 radical (unpaired) electrons. The molecule has 11 heteroatoms. The number of Topliss-reactive ketones (excluding diaryl/α,β-unsaturated/α-hetero) is 1. The lowest BCUT2D eigenvalue weighted by Gasteiger charge is -2.12. The number of rotatable bonds is 8. The molecule has 0 spiro atoms. The molecule has 0 aliphatic carbocycles. The summed E-state index contributed by atoms with van der Waals surface area (Å²) < 4.78 is 22.7. The van der Waals surface area contributed by atoms with Crippen molar-refractivity contribution in [2.24, 2.45) is 5.14 Å². The van der Waals surface area contributed by atoms with E-state index >= 15 is 0 Å². The van der Waals surface area contributed by atoms with Crippen LogP contribution in [-0.2, 0) is 19.6 Å². The molecule has 0 bridgehead atoms. The molecule has 0 amide bonds. The predicted octanol–water partition coefficient (Wildman–Crippen LogP) is 0.531. The smallest absolute Gasteiger partial charge is 0.337 e. The zero-order valence-corrected chi connectivity index (χ0v) is 13.1. The normalized spacial score (nSPS) is 11.0. The Balaban J connectivity index is 3.03. The quantitative estimate of drug-likeness (QED) is 0.518. The van der Waals surface area contributed by atoms with Crippen LogP contribution in [0.4, 0.5) is 5.69 Å². The van der Waals surface area contributed by atoms with Gasteiger partial charge in [-0.2, -0.15) is 0 Å². The fraction of sp³-hybridized carbons (Fsp3) is 0.250. The highest BCUT2D eigenvalue weighted by Crippen LogP contribution is 2.28. The lowest BCUT2D eigenvalue weighted by atomic mass is 10.1. The fourth-order valence-electron chi connectivity index (χ4n) is 1.62. The van der Waals surface area contributed by atoms with Crippen molar-refractivity contribution in [2.45, 2.75) is 17.7 Å². The summed E-state index contributed by atoms with van der Waals surface area (Å²) in [5, 5.41) is 24.7. The highest BCUT2D eigenvalue weighted by Gasteiger charge is 2.20. The fourth-order valence-corrected chi connectivity index (χ4v) is 2.72. The van der Waals surface area contributed by atoms with Gasteiger partial charge in [-0.1, -0.05) is 11.6 Å². The van der Waals surface area contributed by atoms with Gasteiger partial charge in [0, 0.05) is 6.42 Å². The van der Waals surface area contributed by atoms with Gasteiger partial charge in [0.2, 0.25) is 10.0 Å². The Morgan fingerprint density at radius 3 is 2.26 bits per heavy atom. The Kier molecular flexibility index (Phi) is 6.07. The number of anilines is 1. The maximum Gasteiger partial charge on any atom is 0.337 e. The number of carboxylic acids is 2. The number of benzene rings is 1. The van der Waals surface area contributed by atoms with Crippen LogP contribution in [-0.4, -0.2) is 42.9 Å². The lowest BCUT2D eigenvalue weighted by Crippen LogP contribution is -2.18. The van der Waals surface area contributed by atoms with E-state index in [1.807, 2.05) is 0 Å². The summed E-state index contributed by atoms with van der Waals surface area (Å²) in [7, 11) is -4.21. The first-order valence-corrected chi connectivity index (χ1v) is 8.01. The number of carbonyl (C=O) groups is 3. The van der Waals surface area contributed by atoms with Gasteiger partial charge in [-0.25, -0.2) is 18.4 Å². The molecule has 126 valence electrons. The van der Waals surface area contributed by atoms with Crippen LogP contribution in [0.25, 0.3) is 0 Å². The zero-order chi connectivity index (χ0) is 17.8. The van der Waals surface area contributed by atoms with E-state index < -0.39 is 38.2 Å². The predicted molar refractivity (Wildman–Crippen MR) is 80.2 cm³/mol. The number of carboxylic acid groups (broad SMARTS) is 2. The van der Waals surface area contributed by atoms with Crippen LogP contribution in [0.5, 0.6) is 0 Å². The third-order valence-corrected chi connectivity index (χ3v) is 4.08. The van der Waals surface area contributed by atoms with Crippen LogP contribution in [0.15, 0.2) is 17.0 Å². The molecule has 1 aromatic rings. The first-order valence-electron chi connectivity index (χ1n) is 6.09. The zero-order valence-electron chi connectivity index (χ0n) is 11.6. The van der Waals surface area contributed by atoms with Crippen LogP contribution in [0, 0.1) is 0 Å². The molecule has 0 heterocycles. The third kappa shape index (κ3) is 5.51. The van der Waals surface area contributed by atoms with Crippen molar-refractivity contribution < 1.29 is 33.0 Å². The molecule has 1 rings (SSSR count). The van der Waals surface area contributed by atoms with Gasteiger partial charge in [-0.15, -0.1) is 0 Å². The van der Waals surface area contributed by atoms with E-state index in [4.69, 9.17) is 27.0 Å². The maximum atomic E-state index is 11.5. The molecule has 0 fully saturated rings. The number of halogens is 1. The van der Waals surface area contributed by atoms with E-state index in [0.717, 1.165) is 12.1 Å². The van der Waals surface area contributed by atoms with Crippen LogP contribution in [0.1, 0.15) is 23.2 Å². The molecule has 0 aliphatic rings. The SMILES string of the molecule is NS(=O)(=O)c1cc(C(=O)O)c(NCC(=O)CCC(=O)O)cc1Cl. The van der Waals surface area contributed by atoms with E-state index in [0.29, 0.717) is 0 Å². The molecule has 0 atom stereocenters. The van der Waals surface area contributed by atoms with Gasteiger partial charge in [0.15, 0.2) is 5.78 Å². The summed E-state index contributed by atoms with van der Waals surface area (Å²) in [6.45, 7) is -0.335. The van der Waals surface area contributed by atoms with E-state index in [9.17, 15) is 22.8 Å². The molecule has 0 saturated carbocycles. The monoisotopic (exact) mass is 364 g/mol. The average Bonchev–Trinajstić information content (AvgIpc) is 2.40. The van der Waals surface area contributed by atoms with Gasteiger partial charge >= 0.3 is 11.9 Å². The van der Waals surface area contributed by atoms with Crippen molar-refractivity contribution in [1.82, 2.24) is 0 Å². The van der Waals surface area contributed by atoms with E-state index in [1.165, 1.54) is 0 Å². The van der Waals surface area contributed by atoms with Crippen molar-refractivity contribution in [3.8, 4) is 0 Å². The van der Waals surface area contributed by atoms with Gasteiger partial charge in [-0.3, -0.25) is 9.59 Å². The molecular weight excluding hydrogens is 352 g/mol. The lowest BCUT2D eigenvalue weighted by molar-refractivity contribution is -0.138. The van der Waals surface area contributed by atoms with E-state index in [2.05, 4.69) is 5.32 Å². The second kappa shape index (κ2) is 7.40. The summed E-state index contributed by atoms with van der Waals surface area (Å²) >= 11 is 5.75. The van der Waals surface area contributed by atoms with Crippen molar-refractivity contribution >= 4 is 45.0 Å². The molecular formula is C12H13ClN2O7S. The van der Waals surface area contributed by atoms with Gasteiger partial charge in [0.1, 0.15) is 4.90 Å². The average molecular weight is 365 g/mol. The minimum atomic E-state index is -4.21. The van der Waals surface area contributed by atoms with Crippen molar-refractivity contribution in [3.05, 3.63) is 22.7 Å². The number of nitrogens with one attached hydrogen (secondary N) is 1. The third-order valence-electron chi connectivity index (χ3n) is 2.70. The minimum Gasteiger partial charge on any atom is -0.481 e. The maximum absolute atomic E-state index is 11.5. The molecule has 23 heavy (non-hydrogen) atoms. The van der Waals surface area contributed by atoms with Crippen molar-refractivity contribution in [1.29, 1.82) is 0 Å². The Morgan fingerprint density at radius 1 is 1.17 bits per heavy atom. The summed E-state index contributed by atoms with van der Waals surface area (Å²) in [4.78, 5) is 32.5. The van der Waals surface area contributed by atoms with Crippen LogP contribution < -0.4 is 10.5 Å². The molecule has 0 unspecified atom stereocenters. The number of nitrogens with two attached hydrogens (primary N) is 1. The number of carbonyl (C=O) groups excluding carboxylic acids is 1. The Labute approximate surface area is 136 Å². The largest absolute Gasteiger partial charge is 0.481 e. The Morgan fingerprint density at radius 2 is 1.78 bits per heavy atom. The highest BCUT2D eigenvalue weighted by molar-refractivity contribution is 7.89. The number of hydrogen-bond donors (Lipinski definition) is 4. The van der Waals surface area contributed by atoms with Crippen LogP contribution >= 0.6 is 11.6 Å². The molecule has 5 N–H and O–H groups in total. The van der Waals surface area contributed by atoms with Gasteiger partial charge in [0.05, 0.1) is 29.2 Å². The van der Waals surface area contributed by atoms with Crippen molar-refractivity contribution in [3.63, 3.8) is 0 Å². The van der Waals surface area contributed by atoms with Crippen LogP contribution in [0.3, 0.4) is 0 Å². The van der Waals surface area contributed by atoms with E-state index in [1.54, 1.807) is 0 Å². The number of ketones is 1. The van der Waals surface area contributed by atoms with Gasteiger partial charge in [-0.05, 0) is 12.1 Å². The first kappa shape index (κ1) is 18.9. The summed E-state index contributed by atoms with van der Waals surface area (Å²) in [5.41, 5.74) is -0.525. The van der Waals surface area contributed by atoms with Gasteiger partial charge in [0.25, 0.3) is 0 Å². The number of hydrogen-bond acceptors (Lipinski definition) is 6. The first-order chi connectivity index (χ1) is 10.5. The van der Waals surface area contributed by atoms with Crippen LogP contribution in [0.2, 0.25) is 5.02 Å². The van der Waals surface area contributed by atoms with Gasteiger partial charge < -0.3 is 15.5 Å². The minimum absolute atomic E-state index is 0.0847. The molecule has 9 nitrogen and oxygen atoms in total.